The van der Waals surface area contributed by atoms with Crippen LogP contribution in [0, 0.1) is 0 Å². The molecule has 3 heterocycles. The molecule has 0 saturated carbocycles. The van der Waals surface area contributed by atoms with Gasteiger partial charge in [0.2, 0.25) is 0 Å². The van der Waals surface area contributed by atoms with Crippen molar-refractivity contribution in [1.82, 2.24) is 19.7 Å². The van der Waals surface area contributed by atoms with Gasteiger partial charge in [0.05, 0.1) is 33.4 Å². The highest BCUT2D eigenvalue weighted by Crippen LogP contribution is 2.33. The Morgan fingerprint density at radius 3 is 2.56 bits per heavy atom. The Hall–Kier alpha value is -2.20. The molecule has 0 N–H and O–H groups in total. The molecule has 3 rings (SSSR count). The first kappa shape index (κ1) is 17.6. The molecule has 0 aliphatic carbocycles. The van der Waals surface area contributed by atoms with E-state index in [1.165, 1.54) is 30.1 Å². The lowest BCUT2D eigenvalue weighted by Crippen LogP contribution is -2.09. The fraction of sp³-hybridized carbons (Fsp3) is 0.214. The molecule has 0 spiro atoms. The van der Waals surface area contributed by atoms with Gasteiger partial charge in [-0.2, -0.15) is 18.3 Å². The summed E-state index contributed by atoms with van der Waals surface area (Å²) in [5.41, 5.74) is -0.676. The summed E-state index contributed by atoms with van der Waals surface area (Å²) >= 11 is 5.93. The van der Waals surface area contributed by atoms with Crippen LogP contribution in [0.5, 0.6) is 0 Å². The third-order valence-corrected chi connectivity index (χ3v) is 5.44. The summed E-state index contributed by atoms with van der Waals surface area (Å²) in [5.74, 6) is -0.195. The molecule has 6 nitrogen and oxygen atoms in total. The average molecular weight is 391 g/mol. The number of sulfone groups is 1. The molecule has 25 heavy (non-hydrogen) atoms. The van der Waals surface area contributed by atoms with E-state index in [1.54, 1.807) is 0 Å². The fourth-order valence-electron chi connectivity index (χ4n) is 2.22. The van der Waals surface area contributed by atoms with Gasteiger partial charge in [0.15, 0.2) is 20.7 Å². The molecule has 132 valence electrons. The first-order chi connectivity index (χ1) is 11.6. The quantitative estimate of drug-likeness (QED) is 0.685. The Morgan fingerprint density at radius 1 is 1.24 bits per heavy atom. The van der Waals surface area contributed by atoms with E-state index < -0.39 is 21.6 Å². The lowest BCUT2D eigenvalue weighted by Gasteiger charge is -2.10. The fourth-order valence-corrected chi connectivity index (χ4v) is 3.46. The van der Waals surface area contributed by atoms with Gasteiger partial charge >= 0.3 is 6.18 Å². The van der Waals surface area contributed by atoms with E-state index in [0.717, 1.165) is 6.07 Å². The van der Waals surface area contributed by atoms with Crippen LogP contribution >= 0.6 is 11.6 Å². The summed E-state index contributed by atoms with van der Waals surface area (Å²) in [4.78, 5) is 7.61. The average Bonchev–Trinajstić information content (AvgIpc) is 2.97. The van der Waals surface area contributed by atoms with Crippen LogP contribution in [0.2, 0.25) is 5.02 Å². The molecule has 0 radical (unpaired) electrons. The zero-order valence-electron chi connectivity index (χ0n) is 12.6. The molecular weight excluding hydrogens is 381 g/mol. The van der Waals surface area contributed by atoms with E-state index in [1.807, 2.05) is 0 Å². The highest BCUT2D eigenvalue weighted by molar-refractivity contribution is 7.91. The minimum Gasteiger partial charge on any atom is -0.244 e. The van der Waals surface area contributed by atoms with Gasteiger partial charge in [-0.15, -0.1) is 0 Å². The summed E-state index contributed by atoms with van der Waals surface area (Å²) in [7, 11) is -3.60. The number of alkyl halides is 3. The summed E-state index contributed by atoms with van der Waals surface area (Å²) in [6.07, 6.45) is -1.39. The minimum atomic E-state index is -4.58. The van der Waals surface area contributed by atoms with Crippen LogP contribution in [0.4, 0.5) is 13.2 Å². The smallest absolute Gasteiger partial charge is 0.244 e. The van der Waals surface area contributed by atoms with Crippen LogP contribution < -0.4 is 0 Å². The van der Waals surface area contributed by atoms with Crippen molar-refractivity contribution in [2.75, 3.05) is 5.75 Å². The maximum atomic E-state index is 12.7. The molecule has 0 bridgehead atoms. The highest BCUT2D eigenvalue weighted by atomic mass is 35.5. The van der Waals surface area contributed by atoms with Gasteiger partial charge < -0.3 is 0 Å². The molecule has 0 aromatic carbocycles. The maximum Gasteiger partial charge on any atom is 0.417 e. The number of halogens is 4. The third-order valence-electron chi connectivity index (χ3n) is 3.49. The van der Waals surface area contributed by atoms with Gasteiger partial charge in [0.1, 0.15) is 0 Å². The van der Waals surface area contributed by atoms with Crippen LogP contribution in [0.3, 0.4) is 0 Å². The SMILES string of the molecule is CCS(=O)(=O)c1nccc2c1cnn2-c1ncc(C(F)(F)F)cc1Cl. The zero-order valence-corrected chi connectivity index (χ0v) is 14.2. The number of pyridine rings is 2. The van der Waals surface area contributed by atoms with E-state index in [9.17, 15) is 21.6 Å². The van der Waals surface area contributed by atoms with E-state index in [0.29, 0.717) is 11.7 Å². The monoisotopic (exact) mass is 390 g/mol. The van der Waals surface area contributed by atoms with Crippen molar-refractivity contribution in [3.05, 3.63) is 41.3 Å². The first-order valence-corrected chi connectivity index (χ1v) is 8.97. The van der Waals surface area contributed by atoms with Crippen LogP contribution in [0.15, 0.2) is 35.7 Å². The topological polar surface area (TPSA) is 77.7 Å². The normalized spacial score (nSPS) is 12.7. The van der Waals surface area contributed by atoms with Gasteiger partial charge in [0, 0.05) is 12.4 Å². The number of hydrogen-bond donors (Lipinski definition) is 0. The number of fused-ring (bicyclic) bond motifs is 1. The second-order valence-electron chi connectivity index (χ2n) is 5.04. The van der Waals surface area contributed by atoms with Gasteiger partial charge in [0.25, 0.3) is 0 Å². The molecule has 0 unspecified atom stereocenters. The molecule has 0 saturated heterocycles. The van der Waals surface area contributed by atoms with Crippen molar-refractivity contribution in [2.45, 2.75) is 18.1 Å². The predicted octanol–water partition coefficient (Wildman–Crippen LogP) is 3.28. The Balaban J connectivity index is 2.20. The standard InChI is InChI=1S/C14H10ClF3N4O2S/c1-2-25(23,24)13-9-7-21-22(11(9)3-4-19-13)12-10(15)5-8(6-20-12)14(16,17)18/h3-7H,2H2,1H3. The van der Waals surface area contributed by atoms with E-state index in [-0.39, 0.29) is 27.0 Å². The Morgan fingerprint density at radius 2 is 1.96 bits per heavy atom. The summed E-state index contributed by atoms with van der Waals surface area (Å²) in [6.45, 7) is 1.48. The van der Waals surface area contributed by atoms with Crippen molar-refractivity contribution in [3.8, 4) is 5.82 Å². The molecule has 0 fully saturated rings. The van der Waals surface area contributed by atoms with Crippen LogP contribution in [0.1, 0.15) is 12.5 Å². The van der Waals surface area contributed by atoms with Gasteiger partial charge in [-0.05, 0) is 12.1 Å². The Kier molecular flexibility index (Phi) is 4.20. The minimum absolute atomic E-state index is 0.0456. The first-order valence-electron chi connectivity index (χ1n) is 6.93. The molecular formula is C14H10ClF3N4O2S. The second-order valence-corrected chi connectivity index (χ2v) is 7.64. The maximum absolute atomic E-state index is 12.7. The van der Waals surface area contributed by atoms with Crippen molar-refractivity contribution >= 4 is 32.3 Å². The van der Waals surface area contributed by atoms with E-state index in [4.69, 9.17) is 11.6 Å². The second kappa shape index (κ2) is 5.95. The van der Waals surface area contributed by atoms with Gasteiger partial charge in [-0.1, -0.05) is 18.5 Å². The number of hydrogen-bond acceptors (Lipinski definition) is 5. The van der Waals surface area contributed by atoms with Crippen molar-refractivity contribution in [2.24, 2.45) is 0 Å². The van der Waals surface area contributed by atoms with E-state index in [2.05, 4.69) is 15.1 Å². The summed E-state index contributed by atoms with van der Waals surface area (Å²) in [6, 6.07) is 2.22. The lowest BCUT2D eigenvalue weighted by atomic mass is 10.2. The van der Waals surface area contributed by atoms with Gasteiger partial charge in [-0.3, -0.25) is 0 Å². The lowest BCUT2D eigenvalue weighted by molar-refractivity contribution is -0.137. The number of aromatic nitrogens is 4. The highest BCUT2D eigenvalue weighted by Gasteiger charge is 2.32. The molecule has 3 aromatic rings. The molecule has 0 atom stereocenters. The zero-order chi connectivity index (χ0) is 18.4. The molecule has 0 amide bonds. The summed E-state index contributed by atoms with van der Waals surface area (Å²) in [5, 5.41) is 3.83. The molecule has 0 aliphatic rings. The van der Waals surface area contributed by atoms with Crippen molar-refractivity contribution in [1.29, 1.82) is 0 Å². The van der Waals surface area contributed by atoms with Crippen LogP contribution in [-0.2, 0) is 16.0 Å². The van der Waals surface area contributed by atoms with Crippen LogP contribution in [0.25, 0.3) is 16.7 Å². The third kappa shape index (κ3) is 3.07. The Labute approximate surface area is 145 Å². The largest absolute Gasteiger partial charge is 0.417 e. The van der Waals surface area contributed by atoms with Crippen molar-refractivity contribution in [3.63, 3.8) is 0 Å². The number of nitrogens with zero attached hydrogens (tertiary/aromatic N) is 4. The molecule has 3 aromatic heterocycles. The van der Waals surface area contributed by atoms with Crippen molar-refractivity contribution < 1.29 is 21.6 Å². The van der Waals surface area contributed by atoms with Gasteiger partial charge in [-0.25, -0.2) is 23.1 Å². The van der Waals surface area contributed by atoms with E-state index >= 15 is 0 Å². The number of rotatable bonds is 3. The molecule has 0 aliphatic heterocycles. The summed E-state index contributed by atoms with van der Waals surface area (Å²) < 4.78 is 63.6. The van der Waals surface area contributed by atoms with Crippen LogP contribution in [-0.4, -0.2) is 33.9 Å². The molecule has 11 heteroatoms. The predicted molar refractivity (Wildman–Crippen MR) is 84.4 cm³/mol. The Bertz CT molecular complexity index is 1060.